The van der Waals surface area contributed by atoms with E-state index in [-0.39, 0.29) is 6.04 Å². The molecule has 0 saturated heterocycles. The molecule has 0 aliphatic heterocycles. The summed E-state index contributed by atoms with van der Waals surface area (Å²) in [5.41, 5.74) is 5.66. The van der Waals surface area contributed by atoms with Crippen molar-refractivity contribution in [3.05, 3.63) is 18.2 Å². The Balaban J connectivity index is 2.41. The summed E-state index contributed by atoms with van der Waals surface area (Å²) in [6.07, 6.45) is 3.12. The second-order valence-corrected chi connectivity index (χ2v) is 2.77. The van der Waals surface area contributed by atoms with Crippen molar-refractivity contribution in [3.8, 4) is 0 Å². The van der Waals surface area contributed by atoms with Crippen molar-refractivity contribution < 1.29 is 4.39 Å². The number of hydrogen-bond donors (Lipinski definition) is 2. The van der Waals surface area contributed by atoms with Gasteiger partial charge in [0.15, 0.2) is 5.82 Å². The average Bonchev–Trinajstić information content (AvgIpc) is 2.16. The molecule has 0 spiro atoms. The zero-order valence-electron chi connectivity index (χ0n) is 7.50. The number of nitrogens with zero attached hydrogens (tertiary/aromatic N) is 2. The molecular formula is C8H13FN4. The van der Waals surface area contributed by atoms with Crippen LogP contribution in [0.4, 0.5) is 10.3 Å². The molecule has 1 unspecified atom stereocenters. The average molecular weight is 184 g/mol. The van der Waals surface area contributed by atoms with Crippen molar-refractivity contribution in [1.82, 2.24) is 9.97 Å². The van der Waals surface area contributed by atoms with Crippen LogP contribution in [0.2, 0.25) is 0 Å². The minimum Gasteiger partial charge on any atom is -0.353 e. The van der Waals surface area contributed by atoms with Gasteiger partial charge in [-0.3, -0.25) is 0 Å². The molecular weight excluding hydrogens is 171 g/mol. The van der Waals surface area contributed by atoms with E-state index in [0.717, 1.165) is 18.8 Å². The molecule has 3 N–H and O–H groups in total. The zero-order chi connectivity index (χ0) is 9.68. The first-order chi connectivity index (χ1) is 6.22. The third kappa shape index (κ3) is 3.33. The van der Waals surface area contributed by atoms with Crippen LogP contribution in [0.3, 0.4) is 0 Å². The van der Waals surface area contributed by atoms with Gasteiger partial charge in [0.25, 0.3) is 0 Å². The van der Waals surface area contributed by atoms with E-state index in [0.29, 0.717) is 12.5 Å². The van der Waals surface area contributed by atoms with Crippen molar-refractivity contribution in [2.75, 3.05) is 11.9 Å². The molecule has 1 aromatic heterocycles. The maximum atomic E-state index is 12.4. The van der Waals surface area contributed by atoms with E-state index in [2.05, 4.69) is 15.3 Å². The minimum atomic E-state index is -0.440. The van der Waals surface area contributed by atoms with Crippen molar-refractivity contribution in [2.45, 2.75) is 19.4 Å². The topological polar surface area (TPSA) is 63.8 Å². The van der Waals surface area contributed by atoms with E-state index in [4.69, 9.17) is 5.73 Å². The summed E-state index contributed by atoms with van der Waals surface area (Å²) in [4.78, 5) is 7.46. The number of hydrogen-bond acceptors (Lipinski definition) is 4. The highest BCUT2D eigenvalue weighted by Gasteiger charge is 2.00. The lowest BCUT2D eigenvalue weighted by Crippen LogP contribution is -2.28. The Hall–Kier alpha value is -1.23. The Morgan fingerprint density at radius 3 is 2.69 bits per heavy atom. The van der Waals surface area contributed by atoms with Crippen molar-refractivity contribution in [1.29, 1.82) is 0 Å². The Bertz CT molecular complexity index is 249. The maximum Gasteiger partial charge on any atom is 0.222 e. The summed E-state index contributed by atoms with van der Waals surface area (Å²) < 4.78 is 12.4. The molecule has 0 fully saturated rings. The predicted octanol–water partition coefficient (Wildman–Crippen LogP) is 0.765. The SMILES string of the molecule is CCC(N)CNc1ncc(F)cn1. The highest BCUT2D eigenvalue weighted by atomic mass is 19.1. The molecule has 0 aromatic carbocycles. The largest absolute Gasteiger partial charge is 0.353 e. The Labute approximate surface area is 76.4 Å². The minimum absolute atomic E-state index is 0.0775. The van der Waals surface area contributed by atoms with Gasteiger partial charge in [0, 0.05) is 12.6 Å². The number of aromatic nitrogens is 2. The lowest BCUT2D eigenvalue weighted by atomic mass is 10.2. The standard InChI is InChI=1S/C8H13FN4/c1-2-7(10)5-13-8-11-3-6(9)4-12-8/h3-4,7H,2,5,10H2,1H3,(H,11,12,13). The third-order valence-electron chi connectivity index (χ3n) is 1.67. The lowest BCUT2D eigenvalue weighted by molar-refractivity contribution is 0.613. The molecule has 4 nitrogen and oxygen atoms in total. The number of rotatable bonds is 4. The fourth-order valence-electron chi connectivity index (χ4n) is 0.770. The van der Waals surface area contributed by atoms with Gasteiger partial charge < -0.3 is 11.1 Å². The summed E-state index contributed by atoms with van der Waals surface area (Å²) in [7, 11) is 0. The van der Waals surface area contributed by atoms with Crippen LogP contribution in [0.1, 0.15) is 13.3 Å². The molecule has 5 heteroatoms. The first-order valence-corrected chi connectivity index (χ1v) is 4.19. The highest BCUT2D eigenvalue weighted by molar-refractivity contribution is 5.22. The zero-order valence-corrected chi connectivity index (χ0v) is 7.50. The molecule has 1 atom stereocenters. The second kappa shape index (κ2) is 4.71. The van der Waals surface area contributed by atoms with Gasteiger partial charge in [-0.25, -0.2) is 14.4 Å². The Morgan fingerprint density at radius 1 is 1.54 bits per heavy atom. The number of halogens is 1. The van der Waals surface area contributed by atoms with Crippen LogP contribution in [0.25, 0.3) is 0 Å². The Kier molecular flexibility index (Phi) is 3.57. The molecule has 0 radical (unpaired) electrons. The van der Waals surface area contributed by atoms with Crippen molar-refractivity contribution >= 4 is 5.95 Å². The molecule has 0 aliphatic carbocycles. The lowest BCUT2D eigenvalue weighted by Gasteiger charge is -2.09. The van der Waals surface area contributed by atoms with Crippen LogP contribution in [-0.4, -0.2) is 22.6 Å². The van der Waals surface area contributed by atoms with E-state index < -0.39 is 5.82 Å². The molecule has 13 heavy (non-hydrogen) atoms. The number of nitrogens with one attached hydrogen (secondary N) is 1. The maximum absolute atomic E-state index is 12.4. The molecule has 0 saturated carbocycles. The Morgan fingerprint density at radius 2 is 2.15 bits per heavy atom. The van der Waals surface area contributed by atoms with Crippen LogP contribution in [0.15, 0.2) is 12.4 Å². The van der Waals surface area contributed by atoms with E-state index in [9.17, 15) is 4.39 Å². The monoisotopic (exact) mass is 184 g/mol. The summed E-state index contributed by atoms with van der Waals surface area (Å²) in [5, 5.41) is 2.91. The number of nitrogens with two attached hydrogens (primary N) is 1. The first-order valence-electron chi connectivity index (χ1n) is 4.19. The van der Waals surface area contributed by atoms with Gasteiger partial charge >= 0.3 is 0 Å². The molecule has 0 amide bonds. The molecule has 0 bridgehead atoms. The smallest absolute Gasteiger partial charge is 0.222 e. The van der Waals surface area contributed by atoms with Crippen LogP contribution < -0.4 is 11.1 Å². The predicted molar refractivity (Wildman–Crippen MR) is 48.7 cm³/mol. The van der Waals surface area contributed by atoms with E-state index in [1.807, 2.05) is 6.92 Å². The van der Waals surface area contributed by atoms with Gasteiger partial charge in [-0.1, -0.05) is 6.92 Å². The van der Waals surface area contributed by atoms with Crippen molar-refractivity contribution in [3.63, 3.8) is 0 Å². The normalized spacial score (nSPS) is 12.5. The summed E-state index contributed by atoms with van der Waals surface area (Å²) in [6, 6.07) is 0.0775. The molecule has 1 heterocycles. The van der Waals surface area contributed by atoms with Gasteiger partial charge in [0.2, 0.25) is 5.95 Å². The number of anilines is 1. The van der Waals surface area contributed by atoms with Gasteiger partial charge in [-0.05, 0) is 6.42 Å². The third-order valence-corrected chi connectivity index (χ3v) is 1.67. The van der Waals surface area contributed by atoms with Gasteiger partial charge in [-0.15, -0.1) is 0 Å². The van der Waals surface area contributed by atoms with Crippen LogP contribution in [0.5, 0.6) is 0 Å². The van der Waals surface area contributed by atoms with E-state index >= 15 is 0 Å². The van der Waals surface area contributed by atoms with Crippen LogP contribution in [-0.2, 0) is 0 Å². The van der Waals surface area contributed by atoms with Crippen LogP contribution >= 0.6 is 0 Å². The van der Waals surface area contributed by atoms with E-state index in [1.165, 1.54) is 0 Å². The van der Waals surface area contributed by atoms with Gasteiger partial charge in [0.1, 0.15) is 0 Å². The first kappa shape index (κ1) is 9.85. The highest BCUT2D eigenvalue weighted by Crippen LogP contribution is 1.98. The second-order valence-electron chi connectivity index (χ2n) is 2.77. The summed E-state index contributed by atoms with van der Waals surface area (Å²) in [6.45, 7) is 2.60. The molecule has 0 aliphatic rings. The summed E-state index contributed by atoms with van der Waals surface area (Å²) >= 11 is 0. The fraction of sp³-hybridized carbons (Fsp3) is 0.500. The fourth-order valence-corrected chi connectivity index (χ4v) is 0.770. The van der Waals surface area contributed by atoms with E-state index in [1.54, 1.807) is 0 Å². The molecule has 72 valence electrons. The molecule has 1 rings (SSSR count). The van der Waals surface area contributed by atoms with Crippen LogP contribution in [0, 0.1) is 5.82 Å². The van der Waals surface area contributed by atoms with Crippen molar-refractivity contribution in [2.24, 2.45) is 5.73 Å². The molecule has 1 aromatic rings. The van der Waals surface area contributed by atoms with Gasteiger partial charge in [-0.2, -0.15) is 0 Å². The van der Waals surface area contributed by atoms with Gasteiger partial charge in [0.05, 0.1) is 12.4 Å². The quantitative estimate of drug-likeness (QED) is 0.725. The summed E-state index contributed by atoms with van der Waals surface area (Å²) in [5.74, 6) is -0.0318.